The smallest absolute Gasteiger partial charge is 0.146 e. The number of anilines is 2. The molecule has 3 heterocycles. The number of likely N-dealkylation sites (tertiary alicyclic amines) is 1. The molecule has 5 nitrogen and oxygen atoms in total. The van der Waals surface area contributed by atoms with Crippen LogP contribution >= 0.6 is 11.3 Å². The third kappa shape index (κ3) is 4.32. The van der Waals surface area contributed by atoms with Gasteiger partial charge < -0.3 is 10.6 Å². The Morgan fingerprint density at radius 1 is 1.33 bits per heavy atom. The van der Waals surface area contributed by atoms with Crippen molar-refractivity contribution in [1.29, 1.82) is 0 Å². The number of fused-ring (bicyclic) bond motifs is 1. The molecule has 1 saturated heterocycles. The molecule has 2 aromatic rings. The molecule has 0 saturated carbocycles. The van der Waals surface area contributed by atoms with Crippen molar-refractivity contribution in [3.8, 4) is 0 Å². The highest BCUT2D eigenvalue weighted by atomic mass is 32.1. The van der Waals surface area contributed by atoms with Crippen LogP contribution in [0.3, 0.4) is 0 Å². The summed E-state index contributed by atoms with van der Waals surface area (Å²) in [6.45, 7) is 10.2. The molecule has 0 bridgehead atoms. The Hall–Kier alpha value is -2.51. The van der Waals surface area contributed by atoms with Crippen molar-refractivity contribution < 1.29 is 4.39 Å². The quantitative estimate of drug-likeness (QED) is 0.533. The monoisotopic (exact) mass is 425 g/mol. The Balaban J connectivity index is 1.54. The van der Waals surface area contributed by atoms with Gasteiger partial charge in [-0.2, -0.15) is 0 Å². The summed E-state index contributed by atoms with van der Waals surface area (Å²) in [5.41, 5.74) is 9.80. The number of benzene rings is 1. The summed E-state index contributed by atoms with van der Waals surface area (Å²) >= 11 is 1.65. The van der Waals surface area contributed by atoms with Gasteiger partial charge in [-0.15, -0.1) is 11.3 Å². The second-order valence-corrected chi connectivity index (χ2v) is 8.69. The highest BCUT2D eigenvalue weighted by Crippen LogP contribution is 2.37. The Kier molecular flexibility index (Phi) is 6.29. The van der Waals surface area contributed by atoms with Gasteiger partial charge in [0.05, 0.1) is 28.6 Å². The molecule has 0 spiro atoms. The van der Waals surface area contributed by atoms with Gasteiger partial charge in [0.1, 0.15) is 10.8 Å². The summed E-state index contributed by atoms with van der Waals surface area (Å²) < 4.78 is 13.6. The van der Waals surface area contributed by atoms with Crippen molar-refractivity contribution in [1.82, 2.24) is 9.88 Å². The van der Waals surface area contributed by atoms with Gasteiger partial charge in [0, 0.05) is 30.4 Å². The molecule has 1 fully saturated rings. The van der Waals surface area contributed by atoms with Gasteiger partial charge in [-0.1, -0.05) is 19.6 Å². The van der Waals surface area contributed by atoms with E-state index in [0.29, 0.717) is 0 Å². The highest BCUT2D eigenvalue weighted by Gasteiger charge is 2.25. The maximum atomic E-state index is 13.6. The maximum absolute atomic E-state index is 13.6. The third-order valence-corrected chi connectivity index (χ3v) is 6.73. The van der Waals surface area contributed by atoms with Crippen LogP contribution in [0.1, 0.15) is 41.8 Å². The van der Waals surface area contributed by atoms with E-state index >= 15 is 0 Å². The number of aliphatic imine (C=N–C) groups is 1. The summed E-state index contributed by atoms with van der Waals surface area (Å²) in [7, 11) is 0. The lowest BCUT2D eigenvalue weighted by atomic mass is 10.1. The first-order chi connectivity index (χ1) is 14.6. The van der Waals surface area contributed by atoms with E-state index in [1.165, 1.54) is 18.9 Å². The van der Waals surface area contributed by atoms with Crippen molar-refractivity contribution in [3.05, 3.63) is 52.2 Å². The standard InChI is InChI=1S/C23H28FN5S/c1-3-6-17(14-26-15-28-10-4-5-11-28)23-27-21-9-12-29(16(2)22(21)30-23)18-7-8-19(24)20(25)13-18/h6-8,13-14H,2-5,9-12,15,25H2,1H3/b17-6+,26-14-. The summed E-state index contributed by atoms with van der Waals surface area (Å²) in [4.78, 5) is 15.1. The number of rotatable bonds is 6. The van der Waals surface area contributed by atoms with Gasteiger partial charge in [-0.25, -0.2) is 9.37 Å². The fraction of sp³-hybridized carbons (Fsp3) is 0.391. The van der Waals surface area contributed by atoms with E-state index < -0.39 is 5.82 Å². The van der Waals surface area contributed by atoms with Crippen molar-refractivity contribution in [2.24, 2.45) is 4.99 Å². The molecule has 2 N–H and O–H groups in total. The van der Waals surface area contributed by atoms with Crippen LogP contribution in [0.2, 0.25) is 0 Å². The summed E-state index contributed by atoms with van der Waals surface area (Å²) in [6, 6.07) is 4.82. The topological polar surface area (TPSA) is 57.8 Å². The molecule has 0 radical (unpaired) electrons. The number of allylic oxidation sites excluding steroid dienone is 2. The summed E-state index contributed by atoms with van der Waals surface area (Å²) in [5, 5.41) is 0.980. The largest absolute Gasteiger partial charge is 0.396 e. The minimum Gasteiger partial charge on any atom is -0.396 e. The van der Waals surface area contributed by atoms with Crippen LogP contribution in [0.25, 0.3) is 11.3 Å². The van der Waals surface area contributed by atoms with Crippen LogP contribution in [-0.4, -0.2) is 42.4 Å². The molecule has 0 atom stereocenters. The molecular weight excluding hydrogens is 397 g/mol. The van der Waals surface area contributed by atoms with Gasteiger partial charge in [0.2, 0.25) is 0 Å². The van der Waals surface area contributed by atoms with E-state index in [2.05, 4.69) is 34.4 Å². The van der Waals surface area contributed by atoms with Crippen molar-refractivity contribution in [2.75, 3.05) is 36.9 Å². The molecule has 0 amide bonds. The highest BCUT2D eigenvalue weighted by molar-refractivity contribution is 7.14. The lowest BCUT2D eigenvalue weighted by Crippen LogP contribution is -2.28. The van der Waals surface area contributed by atoms with Gasteiger partial charge in [-0.05, 0) is 50.6 Å². The lowest BCUT2D eigenvalue weighted by molar-refractivity contribution is 0.352. The number of hydrogen-bond acceptors (Lipinski definition) is 6. The Bertz CT molecular complexity index is 987. The van der Waals surface area contributed by atoms with E-state index in [4.69, 9.17) is 10.7 Å². The molecule has 2 aliphatic heterocycles. The average molecular weight is 426 g/mol. The lowest BCUT2D eigenvalue weighted by Gasteiger charge is -2.30. The molecule has 1 aromatic heterocycles. The number of nitrogens with zero attached hydrogens (tertiary/aromatic N) is 4. The Morgan fingerprint density at radius 3 is 2.87 bits per heavy atom. The molecule has 1 aromatic carbocycles. The number of hydrogen-bond donors (Lipinski definition) is 1. The number of nitrogen functional groups attached to an aromatic ring is 1. The van der Waals surface area contributed by atoms with Gasteiger partial charge in [0.25, 0.3) is 0 Å². The zero-order chi connectivity index (χ0) is 21.1. The van der Waals surface area contributed by atoms with Crippen LogP contribution in [0.5, 0.6) is 0 Å². The summed E-state index contributed by atoms with van der Waals surface area (Å²) in [6.07, 6.45) is 8.42. The molecular formula is C23H28FN5S. The Labute approximate surface area is 181 Å². The van der Waals surface area contributed by atoms with Gasteiger partial charge in [0.15, 0.2) is 0 Å². The zero-order valence-electron chi connectivity index (χ0n) is 17.4. The minimum atomic E-state index is -0.398. The zero-order valence-corrected chi connectivity index (χ0v) is 18.2. The number of nitrogens with two attached hydrogens (primary N) is 1. The van der Waals surface area contributed by atoms with E-state index in [9.17, 15) is 4.39 Å². The van der Waals surface area contributed by atoms with Crippen molar-refractivity contribution >= 4 is 40.2 Å². The first kappa shape index (κ1) is 20.8. The van der Waals surface area contributed by atoms with Crippen molar-refractivity contribution in [2.45, 2.75) is 32.6 Å². The molecule has 0 unspecified atom stereocenters. The van der Waals surface area contributed by atoms with Crippen LogP contribution in [-0.2, 0) is 6.42 Å². The van der Waals surface area contributed by atoms with Crippen LogP contribution in [0.15, 0.2) is 35.8 Å². The first-order valence-corrected chi connectivity index (χ1v) is 11.3. The first-order valence-electron chi connectivity index (χ1n) is 10.5. The molecule has 0 aliphatic carbocycles. The second kappa shape index (κ2) is 9.10. The molecule has 30 heavy (non-hydrogen) atoms. The van der Waals surface area contributed by atoms with Gasteiger partial charge >= 0.3 is 0 Å². The predicted octanol–water partition coefficient (Wildman–Crippen LogP) is 4.82. The molecule has 158 valence electrons. The van der Waals surface area contributed by atoms with Crippen LogP contribution in [0, 0.1) is 5.82 Å². The van der Waals surface area contributed by atoms with E-state index in [1.807, 2.05) is 6.21 Å². The van der Waals surface area contributed by atoms with Crippen LogP contribution < -0.4 is 10.6 Å². The fourth-order valence-corrected chi connectivity index (χ4v) is 5.02. The Morgan fingerprint density at radius 2 is 2.13 bits per heavy atom. The number of halogens is 1. The third-order valence-electron chi connectivity index (χ3n) is 5.53. The minimum absolute atomic E-state index is 0.151. The van der Waals surface area contributed by atoms with E-state index in [0.717, 1.165) is 71.7 Å². The normalized spacial score (nSPS) is 17.9. The number of thiazole rings is 1. The average Bonchev–Trinajstić information content (AvgIpc) is 3.40. The van der Waals surface area contributed by atoms with Gasteiger partial charge in [-0.3, -0.25) is 9.89 Å². The molecule has 7 heteroatoms. The summed E-state index contributed by atoms with van der Waals surface area (Å²) in [5.74, 6) is -0.398. The van der Waals surface area contributed by atoms with E-state index in [1.54, 1.807) is 23.5 Å². The SMILES string of the molecule is C=C1c2sc(C(/C=N\CN3CCCC3)=C/CC)nc2CCN1c1ccc(F)c(N)c1. The second-order valence-electron chi connectivity index (χ2n) is 7.69. The molecule has 4 rings (SSSR count). The van der Waals surface area contributed by atoms with E-state index in [-0.39, 0.29) is 5.69 Å². The van der Waals surface area contributed by atoms with Crippen LogP contribution in [0.4, 0.5) is 15.8 Å². The maximum Gasteiger partial charge on any atom is 0.146 e. The van der Waals surface area contributed by atoms with Crippen molar-refractivity contribution in [3.63, 3.8) is 0 Å². The number of aromatic nitrogens is 1. The molecule has 2 aliphatic rings. The predicted molar refractivity (Wildman–Crippen MR) is 125 cm³/mol. The fourth-order valence-electron chi connectivity index (χ4n) is 3.92.